The standard InChI is InChI=1S/C12H16F6O2/c1-5-6(2)8-3-7(5)4-9(8)20-10(19,11(13,14)15)12(16,17)18/h5-9,19H,3-4H2,1-2H3. The Morgan fingerprint density at radius 1 is 0.900 bits per heavy atom. The Kier molecular flexibility index (Phi) is 3.57. The lowest BCUT2D eigenvalue weighted by Crippen LogP contribution is -2.61. The van der Waals surface area contributed by atoms with E-state index >= 15 is 0 Å². The molecule has 2 aliphatic rings. The smallest absolute Gasteiger partial charge is 0.351 e. The molecule has 1 N–H and O–H groups in total. The molecule has 2 fully saturated rings. The maximum absolute atomic E-state index is 12.6. The summed E-state index contributed by atoms with van der Waals surface area (Å²) in [6.07, 6.45) is -12.4. The Bertz CT molecular complexity index is 361. The van der Waals surface area contributed by atoms with Gasteiger partial charge in [-0.05, 0) is 36.5 Å². The van der Waals surface area contributed by atoms with Gasteiger partial charge in [0.1, 0.15) is 0 Å². The third-order valence-electron chi connectivity index (χ3n) is 4.93. The molecule has 5 unspecified atom stereocenters. The van der Waals surface area contributed by atoms with Crippen LogP contribution in [0, 0.1) is 23.7 Å². The average Bonchev–Trinajstić information content (AvgIpc) is 2.77. The maximum atomic E-state index is 12.6. The number of rotatable bonds is 2. The van der Waals surface area contributed by atoms with E-state index in [-0.39, 0.29) is 30.1 Å². The number of hydrogen-bond donors (Lipinski definition) is 1. The van der Waals surface area contributed by atoms with Crippen LogP contribution in [0.1, 0.15) is 26.7 Å². The molecule has 20 heavy (non-hydrogen) atoms. The molecule has 0 aliphatic heterocycles. The highest BCUT2D eigenvalue weighted by atomic mass is 19.4. The number of fused-ring (bicyclic) bond motifs is 2. The van der Waals surface area contributed by atoms with Crippen molar-refractivity contribution in [3.63, 3.8) is 0 Å². The molecule has 2 rings (SSSR count). The van der Waals surface area contributed by atoms with Crippen LogP contribution < -0.4 is 0 Å². The summed E-state index contributed by atoms with van der Waals surface area (Å²) < 4.78 is 79.6. The Morgan fingerprint density at radius 2 is 1.40 bits per heavy atom. The largest absolute Gasteiger partial charge is 0.453 e. The van der Waals surface area contributed by atoms with Crippen molar-refractivity contribution < 1.29 is 36.2 Å². The summed E-state index contributed by atoms with van der Waals surface area (Å²) in [5.74, 6) is -5.15. The van der Waals surface area contributed by atoms with E-state index in [0.29, 0.717) is 6.42 Å². The molecular formula is C12H16F6O2. The molecule has 0 aromatic rings. The summed E-state index contributed by atoms with van der Waals surface area (Å²) in [4.78, 5) is 0. The Labute approximate surface area is 112 Å². The van der Waals surface area contributed by atoms with Crippen molar-refractivity contribution in [3.8, 4) is 0 Å². The van der Waals surface area contributed by atoms with Crippen LogP contribution in [-0.4, -0.2) is 29.4 Å². The highest BCUT2D eigenvalue weighted by molar-refractivity contribution is 5.00. The number of hydrogen-bond acceptors (Lipinski definition) is 2. The predicted octanol–water partition coefficient (Wildman–Crippen LogP) is 3.50. The van der Waals surface area contributed by atoms with Crippen molar-refractivity contribution in [1.29, 1.82) is 0 Å². The van der Waals surface area contributed by atoms with Gasteiger partial charge in [-0.25, -0.2) is 0 Å². The van der Waals surface area contributed by atoms with Crippen LogP contribution in [0.2, 0.25) is 0 Å². The third kappa shape index (κ3) is 2.20. The van der Waals surface area contributed by atoms with E-state index < -0.39 is 24.2 Å². The van der Waals surface area contributed by atoms with Gasteiger partial charge < -0.3 is 9.84 Å². The normalized spacial score (nSPS) is 38.5. The molecule has 0 heterocycles. The topological polar surface area (TPSA) is 29.5 Å². The lowest BCUT2D eigenvalue weighted by Gasteiger charge is -2.39. The summed E-state index contributed by atoms with van der Waals surface area (Å²) in [6.45, 7) is 3.73. The summed E-state index contributed by atoms with van der Waals surface area (Å²) in [7, 11) is 0. The molecule has 0 radical (unpaired) electrons. The van der Waals surface area contributed by atoms with E-state index in [4.69, 9.17) is 5.11 Å². The molecule has 0 spiro atoms. The van der Waals surface area contributed by atoms with Gasteiger partial charge in [0.15, 0.2) is 0 Å². The summed E-state index contributed by atoms with van der Waals surface area (Å²) in [5, 5.41) is 9.05. The fraction of sp³-hybridized carbons (Fsp3) is 1.00. The van der Waals surface area contributed by atoms with E-state index in [9.17, 15) is 26.3 Å². The molecule has 2 saturated carbocycles. The van der Waals surface area contributed by atoms with Gasteiger partial charge in [0.05, 0.1) is 6.10 Å². The van der Waals surface area contributed by atoms with Crippen molar-refractivity contribution in [3.05, 3.63) is 0 Å². The van der Waals surface area contributed by atoms with Gasteiger partial charge in [0, 0.05) is 0 Å². The van der Waals surface area contributed by atoms with E-state index in [1.807, 2.05) is 6.92 Å². The van der Waals surface area contributed by atoms with Gasteiger partial charge in [0.2, 0.25) is 0 Å². The van der Waals surface area contributed by atoms with Gasteiger partial charge in [-0.15, -0.1) is 0 Å². The lowest BCUT2D eigenvalue weighted by molar-refractivity contribution is -0.468. The summed E-state index contributed by atoms with van der Waals surface area (Å²) >= 11 is 0. The van der Waals surface area contributed by atoms with E-state index in [2.05, 4.69) is 4.74 Å². The molecule has 2 bridgehead atoms. The first-order valence-corrected chi connectivity index (χ1v) is 6.42. The van der Waals surface area contributed by atoms with E-state index in [0.717, 1.165) is 0 Å². The minimum absolute atomic E-state index is 0.00975. The molecule has 0 aromatic carbocycles. The second-order valence-corrected chi connectivity index (χ2v) is 5.91. The first-order chi connectivity index (χ1) is 8.88. The van der Waals surface area contributed by atoms with Crippen molar-refractivity contribution in [2.45, 2.75) is 50.9 Å². The first kappa shape index (κ1) is 15.9. The van der Waals surface area contributed by atoms with Crippen molar-refractivity contribution in [2.24, 2.45) is 23.7 Å². The SMILES string of the molecule is CC1C2CC(OC(O)(C(F)(F)F)C(F)(F)F)C(C2)C1C. The van der Waals surface area contributed by atoms with Crippen LogP contribution in [0.3, 0.4) is 0 Å². The van der Waals surface area contributed by atoms with Crippen LogP contribution >= 0.6 is 0 Å². The first-order valence-electron chi connectivity index (χ1n) is 6.42. The van der Waals surface area contributed by atoms with Crippen LogP contribution in [0.5, 0.6) is 0 Å². The summed E-state index contributed by atoms with van der Waals surface area (Å²) in [6, 6.07) is 0. The lowest BCUT2D eigenvalue weighted by atomic mass is 9.80. The minimum atomic E-state index is -5.91. The molecule has 118 valence electrons. The van der Waals surface area contributed by atoms with Gasteiger partial charge >= 0.3 is 18.1 Å². The van der Waals surface area contributed by atoms with Gasteiger partial charge in [-0.2, -0.15) is 26.3 Å². The Morgan fingerprint density at radius 3 is 1.75 bits per heavy atom. The molecule has 0 aromatic heterocycles. The van der Waals surface area contributed by atoms with Crippen molar-refractivity contribution in [2.75, 3.05) is 0 Å². The van der Waals surface area contributed by atoms with Gasteiger partial charge in [0.25, 0.3) is 0 Å². The van der Waals surface area contributed by atoms with Crippen LogP contribution in [0.25, 0.3) is 0 Å². The molecule has 0 saturated heterocycles. The molecule has 5 atom stereocenters. The molecule has 0 amide bonds. The Balaban J connectivity index is 2.20. The van der Waals surface area contributed by atoms with Gasteiger partial charge in [-0.3, -0.25) is 0 Å². The zero-order chi connectivity index (χ0) is 15.5. The fourth-order valence-electron chi connectivity index (χ4n) is 3.52. The monoisotopic (exact) mass is 306 g/mol. The quantitative estimate of drug-likeness (QED) is 0.625. The highest BCUT2D eigenvalue weighted by Crippen LogP contribution is 2.55. The highest BCUT2D eigenvalue weighted by Gasteiger charge is 2.74. The third-order valence-corrected chi connectivity index (χ3v) is 4.93. The average molecular weight is 306 g/mol. The van der Waals surface area contributed by atoms with Crippen LogP contribution in [-0.2, 0) is 4.74 Å². The van der Waals surface area contributed by atoms with Crippen LogP contribution in [0.4, 0.5) is 26.3 Å². The molecule has 2 nitrogen and oxygen atoms in total. The fourth-order valence-corrected chi connectivity index (χ4v) is 3.52. The molecule has 2 aliphatic carbocycles. The van der Waals surface area contributed by atoms with Crippen molar-refractivity contribution >= 4 is 0 Å². The zero-order valence-corrected chi connectivity index (χ0v) is 10.9. The van der Waals surface area contributed by atoms with Crippen molar-refractivity contribution in [1.82, 2.24) is 0 Å². The van der Waals surface area contributed by atoms with Gasteiger partial charge in [-0.1, -0.05) is 13.8 Å². The number of aliphatic hydroxyl groups is 1. The zero-order valence-electron chi connectivity index (χ0n) is 10.9. The van der Waals surface area contributed by atoms with E-state index in [1.54, 1.807) is 6.92 Å². The minimum Gasteiger partial charge on any atom is -0.351 e. The van der Waals surface area contributed by atoms with E-state index in [1.165, 1.54) is 0 Å². The second-order valence-electron chi connectivity index (χ2n) is 5.91. The predicted molar refractivity (Wildman–Crippen MR) is 56.5 cm³/mol. The molecular weight excluding hydrogens is 290 g/mol. The second kappa shape index (κ2) is 4.50. The summed E-state index contributed by atoms with van der Waals surface area (Å²) in [5.41, 5.74) is 0. The number of ether oxygens (including phenoxy) is 1. The van der Waals surface area contributed by atoms with Crippen LogP contribution in [0.15, 0.2) is 0 Å². The number of alkyl halides is 6. The Hall–Kier alpha value is -0.500. The molecule has 8 heteroatoms. The number of halogens is 6. The maximum Gasteiger partial charge on any atom is 0.453 e.